The van der Waals surface area contributed by atoms with E-state index in [1.54, 1.807) is 20.4 Å². The van der Waals surface area contributed by atoms with Gasteiger partial charge in [-0.25, -0.2) is 9.97 Å². The van der Waals surface area contributed by atoms with E-state index in [1.807, 2.05) is 31.2 Å². The van der Waals surface area contributed by atoms with Crippen molar-refractivity contribution in [1.29, 1.82) is 0 Å². The highest BCUT2D eigenvalue weighted by atomic mass is 16.5. The number of nitrogens with zero attached hydrogens (tertiary/aromatic N) is 4. The number of hydrazone groups is 1. The smallest absolute Gasteiger partial charge is 0.161 e. The van der Waals surface area contributed by atoms with Crippen LogP contribution in [0.4, 0.5) is 11.6 Å². The average Bonchev–Trinajstić information content (AvgIpc) is 2.68. The Morgan fingerprint density at radius 2 is 1.81 bits per heavy atom. The van der Waals surface area contributed by atoms with Crippen LogP contribution in [0, 0.1) is 6.92 Å². The number of hydrogen-bond acceptors (Lipinski definition) is 7. The second-order valence-corrected chi connectivity index (χ2v) is 6.19. The summed E-state index contributed by atoms with van der Waals surface area (Å²) >= 11 is 0. The van der Waals surface area contributed by atoms with Gasteiger partial charge < -0.3 is 14.4 Å². The zero-order valence-electron chi connectivity index (χ0n) is 15.5. The first kappa shape index (κ1) is 18.0. The lowest BCUT2D eigenvalue weighted by Gasteiger charge is -2.27. The van der Waals surface area contributed by atoms with Crippen molar-refractivity contribution < 1.29 is 9.47 Å². The summed E-state index contributed by atoms with van der Waals surface area (Å²) in [7, 11) is 3.23. The third-order valence-corrected chi connectivity index (χ3v) is 4.30. The molecule has 2 heterocycles. The maximum Gasteiger partial charge on any atom is 0.161 e. The molecule has 1 N–H and O–H groups in total. The van der Waals surface area contributed by atoms with Crippen molar-refractivity contribution in [2.24, 2.45) is 5.10 Å². The molecule has 26 heavy (non-hydrogen) atoms. The molecule has 0 spiro atoms. The van der Waals surface area contributed by atoms with Crippen molar-refractivity contribution in [1.82, 2.24) is 9.97 Å². The number of hydrogen-bond donors (Lipinski definition) is 1. The molecule has 1 aliphatic rings. The van der Waals surface area contributed by atoms with Crippen LogP contribution in [0.1, 0.15) is 30.7 Å². The van der Waals surface area contributed by atoms with E-state index >= 15 is 0 Å². The van der Waals surface area contributed by atoms with E-state index in [-0.39, 0.29) is 0 Å². The third kappa shape index (κ3) is 4.41. The van der Waals surface area contributed by atoms with Gasteiger partial charge >= 0.3 is 0 Å². The van der Waals surface area contributed by atoms with E-state index in [0.29, 0.717) is 17.3 Å². The Morgan fingerprint density at radius 1 is 1.04 bits per heavy atom. The SMILES string of the molecule is COc1ccc(/C=N\Nc2cc(N3CCCCC3)nc(C)n2)cc1OC. The number of anilines is 2. The fourth-order valence-corrected chi connectivity index (χ4v) is 3.00. The van der Waals surface area contributed by atoms with Gasteiger partial charge in [0, 0.05) is 19.2 Å². The number of ether oxygens (including phenoxy) is 2. The molecule has 1 saturated heterocycles. The molecule has 138 valence electrons. The summed E-state index contributed by atoms with van der Waals surface area (Å²) in [5.74, 6) is 3.74. The molecule has 1 aliphatic heterocycles. The predicted molar refractivity (Wildman–Crippen MR) is 104 cm³/mol. The molecular weight excluding hydrogens is 330 g/mol. The summed E-state index contributed by atoms with van der Waals surface area (Å²) in [5, 5.41) is 4.29. The Kier molecular flexibility index (Phi) is 5.88. The van der Waals surface area contributed by atoms with Crippen LogP contribution in [-0.2, 0) is 0 Å². The van der Waals surface area contributed by atoms with Gasteiger partial charge in [-0.3, -0.25) is 5.43 Å². The van der Waals surface area contributed by atoms with Crippen LogP contribution in [0.15, 0.2) is 29.4 Å². The second-order valence-electron chi connectivity index (χ2n) is 6.19. The molecule has 0 saturated carbocycles. The Hall–Kier alpha value is -2.83. The molecule has 0 unspecified atom stereocenters. The Morgan fingerprint density at radius 3 is 2.54 bits per heavy atom. The summed E-state index contributed by atoms with van der Waals surface area (Å²) in [6.07, 6.45) is 5.44. The van der Waals surface area contributed by atoms with Crippen molar-refractivity contribution >= 4 is 17.9 Å². The minimum absolute atomic E-state index is 0.668. The van der Waals surface area contributed by atoms with Crippen LogP contribution in [0.5, 0.6) is 11.5 Å². The Labute approximate surface area is 154 Å². The summed E-state index contributed by atoms with van der Waals surface area (Å²) in [5.41, 5.74) is 3.90. The lowest BCUT2D eigenvalue weighted by molar-refractivity contribution is 0.355. The molecule has 3 rings (SSSR count). The van der Waals surface area contributed by atoms with Crippen LogP contribution < -0.4 is 19.8 Å². The van der Waals surface area contributed by atoms with Crippen molar-refractivity contribution in [3.63, 3.8) is 0 Å². The van der Waals surface area contributed by atoms with Gasteiger partial charge in [-0.2, -0.15) is 5.10 Å². The molecule has 1 fully saturated rings. The molecule has 7 heteroatoms. The first-order valence-electron chi connectivity index (χ1n) is 8.81. The Bertz CT molecular complexity index is 773. The monoisotopic (exact) mass is 355 g/mol. The molecule has 0 aliphatic carbocycles. The third-order valence-electron chi connectivity index (χ3n) is 4.30. The standard InChI is InChI=1S/C19H25N5O2/c1-14-21-18(12-19(22-14)24-9-5-4-6-10-24)23-20-13-15-7-8-16(25-2)17(11-15)26-3/h7-8,11-13H,4-6,9-10H2,1-3H3,(H,21,22,23)/b20-13-. The maximum absolute atomic E-state index is 5.31. The van der Waals surface area contributed by atoms with Gasteiger partial charge in [0.25, 0.3) is 0 Å². The lowest BCUT2D eigenvalue weighted by Crippen LogP contribution is -2.30. The van der Waals surface area contributed by atoms with Crippen LogP contribution in [0.25, 0.3) is 0 Å². The molecule has 0 radical (unpaired) electrons. The molecule has 1 aromatic carbocycles. The van der Waals surface area contributed by atoms with E-state index in [1.165, 1.54) is 19.3 Å². The largest absolute Gasteiger partial charge is 0.493 e. The first-order valence-corrected chi connectivity index (χ1v) is 8.81. The lowest BCUT2D eigenvalue weighted by atomic mass is 10.1. The van der Waals surface area contributed by atoms with Gasteiger partial charge in [0.2, 0.25) is 0 Å². The molecule has 1 aromatic heterocycles. The fraction of sp³-hybridized carbons (Fsp3) is 0.421. The van der Waals surface area contributed by atoms with E-state index in [9.17, 15) is 0 Å². The van der Waals surface area contributed by atoms with Gasteiger partial charge in [0.15, 0.2) is 17.3 Å². The highest BCUT2D eigenvalue weighted by molar-refractivity contribution is 5.81. The quantitative estimate of drug-likeness (QED) is 0.633. The van der Waals surface area contributed by atoms with Gasteiger partial charge in [-0.05, 0) is 49.9 Å². The highest BCUT2D eigenvalue weighted by Gasteiger charge is 2.13. The average molecular weight is 355 g/mol. The number of aryl methyl sites for hydroxylation is 1. The summed E-state index contributed by atoms with van der Waals surface area (Å²) in [6, 6.07) is 7.58. The van der Waals surface area contributed by atoms with Crippen LogP contribution in [-0.4, -0.2) is 43.5 Å². The zero-order valence-corrected chi connectivity index (χ0v) is 15.5. The van der Waals surface area contributed by atoms with Crippen LogP contribution in [0.3, 0.4) is 0 Å². The normalized spacial score (nSPS) is 14.5. The maximum atomic E-state index is 5.31. The summed E-state index contributed by atoms with van der Waals surface area (Å²) in [6.45, 7) is 3.99. The van der Waals surface area contributed by atoms with Gasteiger partial charge in [-0.15, -0.1) is 0 Å². The number of rotatable bonds is 6. The topological polar surface area (TPSA) is 71.9 Å². The van der Waals surface area contributed by atoms with E-state index in [4.69, 9.17) is 9.47 Å². The van der Waals surface area contributed by atoms with Gasteiger partial charge in [-0.1, -0.05) is 0 Å². The summed E-state index contributed by atoms with van der Waals surface area (Å²) < 4.78 is 10.5. The van der Waals surface area contributed by atoms with Gasteiger partial charge in [0.05, 0.1) is 20.4 Å². The minimum Gasteiger partial charge on any atom is -0.493 e. The predicted octanol–water partition coefficient (Wildman–Crippen LogP) is 3.24. The molecule has 0 atom stereocenters. The van der Waals surface area contributed by atoms with Crippen molar-refractivity contribution in [3.8, 4) is 11.5 Å². The van der Waals surface area contributed by atoms with Crippen LogP contribution in [0.2, 0.25) is 0 Å². The molecule has 0 bridgehead atoms. The molecule has 2 aromatic rings. The molecule has 7 nitrogen and oxygen atoms in total. The number of benzene rings is 1. The van der Waals surface area contributed by atoms with Gasteiger partial charge in [0.1, 0.15) is 11.6 Å². The van der Waals surface area contributed by atoms with Crippen molar-refractivity contribution in [3.05, 3.63) is 35.7 Å². The summed E-state index contributed by atoms with van der Waals surface area (Å²) in [4.78, 5) is 11.3. The number of methoxy groups -OCH3 is 2. The fourth-order valence-electron chi connectivity index (χ4n) is 3.00. The van der Waals surface area contributed by atoms with E-state index < -0.39 is 0 Å². The Balaban J connectivity index is 1.71. The molecular formula is C19H25N5O2. The second kappa shape index (κ2) is 8.51. The van der Waals surface area contributed by atoms with Crippen molar-refractivity contribution in [2.45, 2.75) is 26.2 Å². The minimum atomic E-state index is 0.668. The zero-order chi connectivity index (χ0) is 18.4. The van der Waals surface area contributed by atoms with Crippen LogP contribution >= 0.6 is 0 Å². The number of nitrogens with one attached hydrogen (secondary N) is 1. The van der Waals surface area contributed by atoms with E-state index in [2.05, 4.69) is 25.4 Å². The molecule has 0 amide bonds. The van der Waals surface area contributed by atoms with Crippen molar-refractivity contribution in [2.75, 3.05) is 37.6 Å². The van der Waals surface area contributed by atoms with E-state index in [0.717, 1.165) is 30.3 Å². The number of aromatic nitrogens is 2. The first-order chi connectivity index (χ1) is 12.7. The number of piperidine rings is 1. The highest BCUT2D eigenvalue weighted by Crippen LogP contribution is 2.27.